The summed E-state index contributed by atoms with van der Waals surface area (Å²) in [5.41, 5.74) is 16.9. The smallest absolute Gasteiger partial charge is 0.326 e. The number of nitrogens with one attached hydrogen (secondary N) is 3. The van der Waals surface area contributed by atoms with Crippen LogP contribution >= 0.6 is 0 Å². The first kappa shape index (κ1) is 29.1. The Kier molecular flexibility index (Phi) is 12.0. The van der Waals surface area contributed by atoms with Gasteiger partial charge in [0.05, 0.1) is 18.7 Å². The normalized spacial score (nSPS) is 14.0. The van der Waals surface area contributed by atoms with Crippen LogP contribution in [0.2, 0.25) is 0 Å². The van der Waals surface area contributed by atoms with E-state index in [0.717, 1.165) is 0 Å². The van der Waals surface area contributed by atoms with Gasteiger partial charge >= 0.3 is 5.97 Å². The van der Waals surface area contributed by atoms with Crippen molar-refractivity contribution in [2.75, 3.05) is 13.1 Å². The summed E-state index contributed by atoms with van der Waals surface area (Å²) in [6.45, 7) is 0.873. The summed E-state index contributed by atoms with van der Waals surface area (Å²) in [5.74, 6) is -3.73. The van der Waals surface area contributed by atoms with Gasteiger partial charge in [0.1, 0.15) is 17.8 Å². The molecule has 0 saturated carbocycles. The van der Waals surface area contributed by atoms with E-state index in [1.807, 2.05) is 0 Å². The summed E-state index contributed by atoms with van der Waals surface area (Å²) in [5, 5.41) is 35.4. The predicted octanol–water partition coefficient (Wildman–Crippen LogP) is -3.13. The van der Waals surface area contributed by atoms with Crippen LogP contribution in [0.25, 0.3) is 0 Å². The van der Waals surface area contributed by atoms with Crippen molar-refractivity contribution in [2.24, 2.45) is 22.2 Å². The lowest BCUT2D eigenvalue weighted by molar-refractivity contribution is -0.143. The Balaban J connectivity index is 2.59. The first-order valence-electron chi connectivity index (χ1n) is 10.8. The van der Waals surface area contributed by atoms with Gasteiger partial charge in [0.15, 0.2) is 5.96 Å². The fourth-order valence-electron chi connectivity index (χ4n) is 2.93. The fourth-order valence-corrected chi connectivity index (χ4v) is 2.93. The second-order valence-electron chi connectivity index (χ2n) is 7.83. The van der Waals surface area contributed by atoms with Crippen molar-refractivity contribution in [3.63, 3.8) is 0 Å². The second kappa shape index (κ2) is 14.4. The molecule has 14 nitrogen and oxygen atoms in total. The summed E-state index contributed by atoms with van der Waals surface area (Å²) >= 11 is 0. The van der Waals surface area contributed by atoms with Gasteiger partial charge in [0.25, 0.3) is 0 Å². The Hall–Kier alpha value is -3.91. The lowest BCUT2D eigenvalue weighted by atomic mass is 10.1. The van der Waals surface area contributed by atoms with Crippen LogP contribution < -0.4 is 33.2 Å². The number of aliphatic hydroxyl groups is 1. The maximum Gasteiger partial charge on any atom is 0.326 e. The average Bonchev–Trinajstić information content (AvgIpc) is 2.78. The van der Waals surface area contributed by atoms with Gasteiger partial charge in [0.2, 0.25) is 17.7 Å². The highest BCUT2D eigenvalue weighted by Crippen LogP contribution is 2.10. The number of carboxylic acid groups (broad SMARTS) is 1. The molecule has 0 saturated heterocycles. The zero-order valence-corrected chi connectivity index (χ0v) is 19.3. The van der Waals surface area contributed by atoms with Gasteiger partial charge in [-0.1, -0.05) is 12.1 Å². The number of benzene rings is 1. The van der Waals surface area contributed by atoms with Crippen molar-refractivity contribution in [2.45, 2.75) is 50.4 Å². The molecule has 1 aromatic rings. The molecule has 0 aromatic heterocycles. The van der Waals surface area contributed by atoms with Gasteiger partial charge in [-0.3, -0.25) is 19.4 Å². The highest BCUT2D eigenvalue weighted by molar-refractivity contribution is 5.92. The number of carbonyl (C=O) groups excluding carboxylic acids is 3. The number of amides is 3. The van der Waals surface area contributed by atoms with Crippen molar-refractivity contribution >= 4 is 29.7 Å². The van der Waals surface area contributed by atoms with E-state index in [2.05, 4.69) is 20.9 Å². The molecule has 4 atom stereocenters. The van der Waals surface area contributed by atoms with Gasteiger partial charge in [0, 0.05) is 6.54 Å². The molecule has 0 spiro atoms. The number of carboxylic acids is 1. The van der Waals surface area contributed by atoms with Crippen LogP contribution in [0.15, 0.2) is 29.3 Å². The number of guanidine groups is 1. The quantitative estimate of drug-likeness (QED) is 0.0712. The number of aromatic hydroxyl groups is 1. The van der Waals surface area contributed by atoms with Crippen LogP contribution in [-0.4, -0.2) is 82.3 Å². The molecule has 12 N–H and O–H groups in total. The van der Waals surface area contributed by atoms with Crippen LogP contribution in [0, 0.1) is 0 Å². The van der Waals surface area contributed by atoms with Gasteiger partial charge in [-0.15, -0.1) is 0 Å². The van der Waals surface area contributed by atoms with Gasteiger partial charge < -0.3 is 48.5 Å². The zero-order chi connectivity index (χ0) is 26.5. The van der Waals surface area contributed by atoms with E-state index in [1.54, 1.807) is 12.1 Å². The number of nitrogens with zero attached hydrogens (tertiary/aromatic N) is 1. The molecule has 1 aromatic carbocycles. The highest BCUT2D eigenvalue weighted by Gasteiger charge is 2.29. The molecule has 0 heterocycles. The topological polar surface area (TPSA) is 255 Å². The summed E-state index contributed by atoms with van der Waals surface area (Å²) < 4.78 is 0. The number of aliphatic imine (C=N–C) groups is 1. The molecule has 0 aliphatic rings. The predicted molar refractivity (Wildman–Crippen MR) is 126 cm³/mol. The maximum atomic E-state index is 12.5. The van der Waals surface area contributed by atoms with E-state index in [9.17, 15) is 34.5 Å². The molecule has 4 unspecified atom stereocenters. The minimum Gasteiger partial charge on any atom is -0.508 e. The largest absolute Gasteiger partial charge is 0.508 e. The molecule has 0 bridgehead atoms. The van der Waals surface area contributed by atoms with E-state index in [1.165, 1.54) is 19.1 Å². The summed E-state index contributed by atoms with van der Waals surface area (Å²) in [7, 11) is 0. The number of aliphatic hydroxyl groups excluding tert-OH is 1. The zero-order valence-electron chi connectivity index (χ0n) is 19.3. The standard InChI is InChI=1S/C21H33N7O7/c1-11(29)17(19(33)27-15(20(34)35)3-2-8-25-21(23)24)28-16(31)10-26-18(32)14(22)9-12-4-6-13(30)7-5-12/h4-7,11,14-15,17,29-30H,2-3,8-10,22H2,1H3,(H,26,32)(H,27,33)(H,28,31)(H,34,35)(H4,23,24,25). The van der Waals surface area contributed by atoms with E-state index in [4.69, 9.17) is 17.2 Å². The van der Waals surface area contributed by atoms with Crippen LogP contribution in [0.4, 0.5) is 0 Å². The van der Waals surface area contributed by atoms with Crippen molar-refractivity contribution in [1.82, 2.24) is 16.0 Å². The lowest BCUT2D eigenvalue weighted by Gasteiger charge is -2.23. The Bertz CT molecular complexity index is 902. The number of carbonyl (C=O) groups is 4. The first-order chi connectivity index (χ1) is 16.4. The number of hydrogen-bond acceptors (Lipinski definition) is 8. The minimum absolute atomic E-state index is 0.00725. The molecule has 14 heteroatoms. The van der Waals surface area contributed by atoms with Crippen molar-refractivity contribution < 1.29 is 34.5 Å². The number of rotatable bonds is 14. The van der Waals surface area contributed by atoms with E-state index >= 15 is 0 Å². The van der Waals surface area contributed by atoms with E-state index in [0.29, 0.717) is 5.56 Å². The SMILES string of the molecule is CC(O)C(NC(=O)CNC(=O)C(N)Cc1ccc(O)cc1)C(=O)NC(CCCN=C(N)N)C(=O)O. The first-order valence-corrected chi connectivity index (χ1v) is 10.8. The van der Waals surface area contributed by atoms with Crippen LogP contribution in [0.5, 0.6) is 5.75 Å². The van der Waals surface area contributed by atoms with E-state index < -0.39 is 54.5 Å². The molecule has 0 aliphatic heterocycles. The molecular formula is C21H33N7O7. The molecular weight excluding hydrogens is 462 g/mol. The molecule has 0 radical (unpaired) electrons. The maximum absolute atomic E-state index is 12.5. The average molecular weight is 496 g/mol. The van der Waals surface area contributed by atoms with E-state index in [-0.39, 0.29) is 37.5 Å². The summed E-state index contributed by atoms with van der Waals surface area (Å²) in [6, 6.07) is 2.37. The lowest BCUT2D eigenvalue weighted by Crippen LogP contribution is -2.57. The summed E-state index contributed by atoms with van der Waals surface area (Å²) in [6.07, 6.45) is -0.931. The number of aliphatic carboxylic acids is 1. The molecule has 0 aliphatic carbocycles. The van der Waals surface area contributed by atoms with Crippen LogP contribution in [0.1, 0.15) is 25.3 Å². The minimum atomic E-state index is -1.47. The van der Waals surface area contributed by atoms with Gasteiger partial charge in [-0.25, -0.2) is 4.79 Å². The molecule has 1 rings (SSSR count). The molecule has 35 heavy (non-hydrogen) atoms. The Morgan fingerprint density at radius 3 is 2.23 bits per heavy atom. The van der Waals surface area contributed by atoms with Gasteiger partial charge in [-0.2, -0.15) is 0 Å². The third-order valence-corrected chi connectivity index (χ3v) is 4.79. The third kappa shape index (κ3) is 11.2. The monoisotopic (exact) mass is 495 g/mol. The molecule has 0 fully saturated rings. The van der Waals surface area contributed by atoms with Crippen molar-refractivity contribution in [3.05, 3.63) is 29.8 Å². The van der Waals surface area contributed by atoms with Crippen molar-refractivity contribution in [3.8, 4) is 5.75 Å². The summed E-state index contributed by atoms with van der Waals surface area (Å²) in [4.78, 5) is 52.1. The number of nitrogens with two attached hydrogens (primary N) is 3. The molecule has 3 amide bonds. The second-order valence-corrected chi connectivity index (χ2v) is 7.83. The number of phenolic OH excluding ortho intramolecular Hbond substituents is 1. The highest BCUT2D eigenvalue weighted by atomic mass is 16.4. The Morgan fingerprint density at radius 1 is 1.06 bits per heavy atom. The molecule has 194 valence electrons. The van der Waals surface area contributed by atoms with Gasteiger partial charge in [-0.05, 0) is 43.9 Å². The van der Waals surface area contributed by atoms with Crippen LogP contribution in [0.3, 0.4) is 0 Å². The van der Waals surface area contributed by atoms with Crippen LogP contribution in [-0.2, 0) is 25.6 Å². The van der Waals surface area contributed by atoms with Crippen molar-refractivity contribution in [1.29, 1.82) is 0 Å². The fraction of sp³-hybridized carbons (Fsp3) is 0.476. The Labute approximate surface area is 201 Å². The third-order valence-electron chi connectivity index (χ3n) is 4.79. The number of hydrogen-bond donors (Lipinski definition) is 9. The Morgan fingerprint density at radius 2 is 1.69 bits per heavy atom. The number of phenols is 1.